The molecule has 0 aromatic heterocycles. The van der Waals surface area contributed by atoms with Crippen molar-refractivity contribution in [2.75, 3.05) is 19.8 Å². The fourth-order valence-electron chi connectivity index (χ4n) is 6.17. The van der Waals surface area contributed by atoms with Crippen molar-refractivity contribution in [3.8, 4) is 0 Å². The Morgan fingerprint density at radius 1 is 0.667 bits per heavy atom. The molecular formula is C34H65NO13. The average molecular weight is 696 g/mol. The Balaban J connectivity index is 1.97. The van der Waals surface area contributed by atoms with Crippen LogP contribution in [0.2, 0.25) is 0 Å². The number of carbonyl (C=O) groups excluding carboxylic acids is 1. The number of amides is 1. The third-order valence-corrected chi connectivity index (χ3v) is 9.32. The van der Waals surface area contributed by atoms with Gasteiger partial charge in [-0.15, -0.1) is 0 Å². The number of rotatable bonds is 25. The Labute approximate surface area is 285 Å². The number of nitrogens with one attached hydrogen (secondary N) is 1. The topological polar surface area (TPSA) is 228 Å². The first-order valence-electron chi connectivity index (χ1n) is 18.3. The van der Waals surface area contributed by atoms with Gasteiger partial charge in [0.15, 0.2) is 12.6 Å². The summed E-state index contributed by atoms with van der Waals surface area (Å²) in [6.07, 6.45) is -0.893. The highest BCUT2D eigenvalue weighted by Gasteiger charge is 2.50. The van der Waals surface area contributed by atoms with Crippen molar-refractivity contribution in [1.82, 2.24) is 5.32 Å². The molecule has 0 aromatic carbocycles. The van der Waals surface area contributed by atoms with Gasteiger partial charge in [0, 0.05) is 6.42 Å². The van der Waals surface area contributed by atoms with Crippen LogP contribution in [0.4, 0.5) is 0 Å². The molecule has 48 heavy (non-hydrogen) atoms. The van der Waals surface area contributed by atoms with E-state index in [1.165, 1.54) is 32.1 Å². The highest BCUT2D eigenvalue weighted by atomic mass is 16.7. The summed E-state index contributed by atoms with van der Waals surface area (Å²) in [6.45, 7) is 2.67. The van der Waals surface area contributed by atoms with E-state index in [4.69, 9.17) is 18.9 Å². The fourth-order valence-corrected chi connectivity index (χ4v) is 6.17. The molecule has 14 nitrogen and oxygen atoms in total. The Hall–Kier alpha value is -1.01. The summed E-state index contributed by atoms with van der Waals surface area (Å²) >= 11 is 0. The zero-order valence-electron chi connectivity index (χ0n) is 29.0. The normalized spacial score (nSPS) is 32.2. The number of ether oxygens (including phenoxy) is 4. The number of carbonyl (C=O) groups is 1. The van der Waals surface area contributed by atoms with Gasteiger partial charge >= 0.3 is 0 Å². The molecule has 9 N–H and O–H groups in total. The lowest BCUT2D eigenvalue weighted by molar-refractivity contribution is -0.359. The molecule has 2 rings (SSSR count). The van der Waals surface area contributed by atoms with Crippen LogP contribution >= 0.6 is 0 Å². The van der Waals surface area contributed by atoms with Crippen molar-refractivity contribution in [3.05, 3.63) is 0 Å². The number of aliphatic hydroxyl groups is 8. The van der Waals surface area contributed by atoms with Gasteiger partial charge in [-0.1, -0.05) is 97.3 Å². The quantitative estimate of drug-likeness (QED) is 0.0602. The van der Waals surface area contributed by atoms with E-state index >= 15 is 0 Å². The molecule has 1 amide bonds. The van der Waals surface area contributed by atoms with Crippen LogP contribution in [0.25, 0.3) is 0 Å². The zero-order chi connectivity index (χ0) is 35.5. The molecule has 0 saturated carbocycles. The standard InChI is InChI=1S/C34H65NO13/c1-3-5-7-9-10-11-12-14-15-17-23(38)22(35-26(39)18-16-13-8-6-4-2)21-45-33-31(44)29(42)32(25(20-37)47-33)48-34-30(43)28(41)27(40)24(19-36)46-34/h22-25,27-34,36-38,40-44H,3-21H2,1-2H3,(H,35,39). The summed E-state index contributed by atoms with van der Waals surface area (Å²) in [6, 6.07) is -0.814. The van der Waals surface area contributed by atoms with Crippen LogP contribution in [-0.4, -0.2) is 140 Å². The molecule has 12 unspecified atom stereocenters. The van der Waals surface area contributed by atoms with Gasteiger partial charge in [0.05, 0.1) is 32.0 Å². The molecule has 2 heterocycles. The summed E-state index contributed by atoms with van der Waals surface area (Å²) in [7, 11) is 0. The Kier molecular flexibility index (Phi) is 21.8. The maximum absolute atomic E-state index is 12.8. The first-order valence-corrected chi connectivity index (χ1v) is 18.3. The van der Waals surface area contributed by atoms with Crippen LogP contribution in [0.15, 0.2) is 0 Å². The summed E-state index contributed by atoms with van der Waals surface area (Å²) in [5, 5.41) is 85.7. The molecular weight excluding hydrogens is 630 g/mol. The van der Waals surface area contributed by atoms with Gasteiger partial charge in [-0.2, -0.15) is 0 Å². The summed E-state index contributed by atoms with van der Waals surface area (Å²) in [5.41, 5.74) is 0. The SMILES string of the molecule is CCCCCCCCCCCC(O)C(COC1OC(CO)C(OC2OC(CO)C(O)C(O)C2O)C(O)C1O)NC(=O)CCCCCCC. The highest BCUT2D eigenvalue weighted by Crippen LogP contribution is 2.30. The van der Waals surface area contributed by atoms with Gasteiger partial charge in [0.2, 0.25) is 5.91 Å². The summed E-state index contributed by atoms with van der Waals surface area (Å²) in [5.74, 6) is -0.224. The molecule has 14 heteroatoms. The van der Waals surface area contributed by atoms with Crippen LogP contribution in [0.3, 0.4) is 0 Å². The minimum Gasteiger partial charge on any atom is -0.394 e. The van der Waals surface area contributed by atoms with E-state index < -0.39 is 86.8 Å². The minimum absolute atomic E-state index is 0.224. The third kappa shape index (κ3) is 14.3. The molecule has 0 aliphatic carbocycles. The molecule has 0 radical (unpaired) electrons. The lowest BCUT2D eigenvalue weighted by Gasteiger charge is -2.46. The number of unbranched alkanes of at least 4 members (excludes halogenated alkanes) is 12. The van der Waals surface area contributed by atoms with Crippen LogP contribution in [0.1, 0.15) is 117 Å². The molecule has 0 bridgehead atoms. The third-order valence-electron chi connectivity index (χ3n) is 9.32. The summed E-state index contributed by atoms with van der Waals surface area (Å²) < 4.78 is 22.4. The van der Waals surface area contributed by atoms with Crippen molar-refractivity contribution in [2.45, 2.75) is 190 Å². The second kappa shape index (κ2) is 24.2. The molecule has 284 valence electrons. The van der Waals surface area contributed by atoms with Crippen molar-refractivity contribution >= 4 is 5.91 Å². The predicted octanol–water partition coefficient (Wildman–Crippen LogP) is 0.754. The predicted molar refractivity (Wildman–Crippen MR) is 176 cm³/mol. The minimum atomic E-state index is -1.77. The molecule has 0 spiro atoms. The molecule has 2 aliphatic heterocycles. The Morgan fingerprint density at radius 3 is 1.77 bits per heavy atom. The van der Waals surface area contributed by atoms with Gasteiger partial charge in [0.25, 0.3) is 0 Å². The van der Waals surface area contributed by atoms with Gasteiger partial charge in [-0.05, 0) is 12.8 Å². The Bertz CT molecular complexity index is 837. The highest BCUT2D eigenvalue weighted by molar-refractivity contribution is 5.76. The maximum Gasteiger partial charge on any atom is 0.220 e. The number of aliphatic hydroxyl groups excluding tert-OH is 8. The van der Waals surface area contributed by atoms with Crippen LogP contribution in [0, 0.1) is 0 Å². The van der Waals surface area contributed by atoms with Crippen molar-refractivity contribution in [1.29, 1.82) is 0 Å². The first kappa shape index (κ1) is 43.2. The second-order valence-corrected chi connectivity index (χ2v) is 13.4. The van der Waals surface area contributed by atoms with Crippen molar-refractivity contribution in [2.24, 2.45) is 0 Å². The van der Waals surface area contributed by atoms with Crippen LogP contribution in [0.5, 0.6) is 0 Å². The first-order chi connectivity index (χ1) is 23.1. The van der Waals surface area contributed by atoms with E-state index in [0.717, 1.165) is 57.8 Å². The smallest absolute Gasteiger partial charge is 0.220 e. The number of hydrogen-bond donors (Lipinski definition) is 9. The van der Waals surface area contributed by atoms with Crippen LogP contribution < -0.4 is 5.32 Å². The molecule has 0 aromatic rings. The van der Waals surface area contributed by atoms with E-state index in [2.05, 4.69) is 19.2 Å². The lowest BCUT2D eigenvalue weighted by Crippen LogP contribution is -2.65. The average Bonchev–Trinajstić information content (AvgIpc) is 3.08. The van der Waals surface area contributed by atoms with Gasteiger partial charge < -0.3 is 65.1 Å². The van der Waals surface area contributed by atoms with E-state index in [1.807, 2.05) is 0 Å². The van der Waals surface area contributed by atoms with Crippen LogP contribution in [-0.2, 0) is 23.7 Å². The van der Waals surface area contributed by atoms with E-state index in [1.54, 1.807) is 0 Å². The van der Waals surface area contributed by atoms with E-state index in [9.17, 15) is 45.6 Å². The monoisotopic (exact) mass is 695 g/mol. The van der Waals surface area contributed by atoms with Gasteiger partial charge in [0.1, 0.15) is 48.8 Å². The number of hydrogen-bond acceptors (Lipinski definition) is 13. The fraction of sp³-hybridized carbons (Fsp3) is 0.971. The summed E-state index contributed by atoms with van der Waals surface area (Å²) in [4.78, 5) is 12.8. The maximum atomic E-state index is 12.8. The molecule has 2 fully saturated rings. The Morgan fingerprint density at radius 2 is 1.19 bits per heavy atom. The van der Waals surface area contributed by atoms with Gasteiger partial charge in [-0.3, -0.25) is 4.79 Å². The second-order valence-electron chi connectivity index (χ2n) is 13.4. The van der Waals surface area contributed by atoms with E-state index in [-0.39, 0.29) is 12.5 Å². The largest absolute Gasteiger partial charge is 0.394 e. The lowest BCUT2D eigenvalue weighted by atomic mass is 9.97. The van der Waals surface area contributed by atoms with Crippen molar-refractivity contribution < 1.29 is 64.6 Å². The molecule has 2 saturated heterocycles. The zero-order valence-corrected chi connectivity index (χ0v) is 29.0. The molecule has 12 atom stereocenters. The van der Waals surface area contributed by atoms with Crippen molar-refractivity contribution in [3.63, 3.8) is 0 Å². The van der Waals surface area contributed by atoms with E-state index in [0.29, 0.717) is 12.8 Å². The van der Waals surface area contributed by atoms with Gasteiger partial charge in [-0.25, -0.2) is 0 Å². The molecule has 2 aliphatic rings.